The molecule has 4 aromatic carbocycles. The molecular formula is C27H25NO3. The summed E-state index contributed by atoms with van der Waals surface area (Å²) in [5, 5.41) is 2.16. The Morgan fingerprint density at radius 2 is 1.48 bits per heavy atom. The van der Waals surface area contributed by atoms with Gasteiger partial charge in [-0.25, -0.2) is 4.79 Å². The van der Waals surface area contributed by atoms with Gasteiger partial charge in [0.15, 0.2) is 0 Å². The third kappa shape index (κ3) is 4.30. The Hall–Kier alpha value is -3.63. The van der Waals surface area contributed by atoms with Crippen LogP contribution in [0, 0.1) is 0 Å². The van der Waals surface area contributed by atoms with Crippen molar-refractivity contribution in [3.63, 3.8) is 0 Å². The zero-order chi connectivity index (χ0) is 21.8. The highest BCUT2D eigenvalue weighted by Gasteiger charge is 2.24. The molecule has 1 atom stereocenters. The molecule has 0 fully saturated rings. The number of benzene rings is 4. The first-order valence-corrected chi connectivity index (χ1v) is 10.2. The average Bonchev–Trinajstić information content (AvgIpc) is 2.81. The molecule has 0 amide bonds. The topological polar surface area (TPSA) is 38.8 Å². The van der Waals surface area contributed by atoms with Crippen LogP contribution in [0.1, 0.15) is 27.5 Å². The van der Waals surface area contributed by atoms with E-state index in [1.54, 1.807) is 31.4 Å². The fourth-order valence-corrected chi connectivity index (χ4v) is 3.89. The van der Waals surface area contributed by atoms with Gasteiger partial charge in [-0.3, -0.25) is 4.90 Å². The normalized spacial score (nSPS) is 12.0. The Morgan fingerprint density at radius 1 is 0.806 bits per heavy atom. The third-order valence-corrected chi connectivity index (χ3v) is 5.36. The van der Waals surface area contributed by atoms with Crippen LogP contribution in [0.25, 0.3) is 10.8 Å². The monoisotopic (exact) mass is 411 g/mol. The highest BCUT2D eigenvalue weighted by Crippen LogP contribution is 2.39. The minimum absolute atomic E-state index is 0.0778. The number of carbonyl (C=O) groups is 1. The van der Waals surface area contributed by atoms with Crippen LogP contribution in [-0.2, 0) is 0 Å². The van der Waals surface area contributed by atoms with Gasteiger partial charge in [-0.1, -0.05) is 60.7 Å². The van der Waals surface area contributed by atoms with Crippen molar-refractivity contribution < 1.29 is 14.3 Å². The molecule has 0 aliphatic rings. The van der Waals surface area contributed by atoms with Crippen LogP contribution in [-0.4, -0.2) is 32.1 Å². The van der Waals surface area contributed by atoms with Crippen LogP contribution in [0.5, 0.6) is 11.5 Å². The van der Waals surface area contributed by atoms with E-state index in [1.165, 1.54) is 0 Å². The van der Waals surface area contributed by atoms with Gasteiger partial charge in [0, 0.05) is 5.56 Å². The van der Waals surface area contributed by atoms with Crippen LogP contribution in [0.3, 0.4) is 0 Å². The maximum atomic E-state index is 13.0. The molecule has 0 aliphatic carbocycles. The summed E-state index contributed by atoms with van der Waals surface area (Å²) in [4.78, 5) is 15.1. The smallest absolute Gasteiger partial charge is 0.343 e. The largest absolute Gasteiger partial charge is 0.497 e. The van der Waals surface area contributed by atoms with Gasteiger partial charge in [0.1, 0.15) is 11.5 Å². The minimum atomic E-state index is -0.398. The molecule has 0 heterocycles. The molecule has 4 nitrogen and oxygen atoms in total. The summed E-state index contributed by atoms with van der Waals surface area (Å²) in [6, 6.07) is 29.2. The number of fused-ring (bicyclic) bond motifs is 1. The lowest BCUT2D eigenvalue weighted by Gasteiger charge is -2.28. The quantitative estimate of drug-likeness (QED) is 0.301. The highest BCUT2D eigenvalue weighted by molar-refractivity contribution is 5.94. The number of rotatable bonds is 6. The minimum Gasteiger partial charge on any atom is -0.497 e. The van der Waals surface area contributed by atoms with Crippen molar-refractivity contribution in [1.82, 2.24) is 4.90 Å². The molecule has 1 unspecified atom stereocenters. The van der Waals surface area contributed by atoms with E-state index in [2.05, 4.69) is 29.2 Å². The molecule has 0 spiro atoms. The zero-order valence-electron chi connectivity index (χ0n) is 17.9. The molecule has 4 rings (SSSR count). The lowest BCUT2D eigenvalue weighted by atomic mass is 9.92. The first kappa shape index (κ1) is 20.6. The van der Waals surface area contributed by atoms with Gasteiger partial charge < -0.3 is 9.47 Å². The number of carbonyl (C=O) groups excluding carboxylic acids is 1. The van der Waals surface area contributed by atoms with Crippen molar-refractivity contribution in [1.29, 1.82) is 0 Å². The van der Waals surface area contributed by atoms with Gasteiger partial charge in [-0.15, -0.1) is 0 Å². The van der Waals surface area contributed by atoms with Crippen LogP contribution in [0.2, 0.25) is 0 Å². The van der Waals surface area contributed by atoms with Crippen molar-refractivity contribution >= 4 is 16.7 Å². The Labute approximate surface area is 182 Å². The Morgan fingerprint density at radius 3 is 2.16 bits per heavy atom. The summed E-state index contributed by atoms with van der Waals surface area (Å²) in [6.45, 7) is 0. The molecular weight excluding hydrogens is 386 g/mol. The number of ether oxygens (including phenoxy) is 2. The number of esters is 1. The number of methoxy groups -OCH3 is 1. The van der Waals surface area contributed by atoms with Gasteiger partial charge in [-0.2, -0.15) is 0 Å². The van der Waals surface area contributed by atoms with Gasteiger partial charge in [0.05, 0.1) is 18.7 Å². The van der Waals surface area contributed by atoms with E-state index in [0.29, 0.717) is 17.1 Å². The first-order chi connectivity index (χ1) is 15.1. The Balaban J connectivity index is 1.82. The predicted molar refractivity (Wildman–Crippen MR) is 124 cm³/mol. The van der Waals surface area contributed by atoms with Crippen LogP contribution in [0.4, 0.5) is 0 Å². The van der Waals surface area contributed by atoms with E-state index < -0.39 is 5.97 Å². The van der Waals surface area contributed by atoms with E-state index in [9.17, 15) is 4.79 Å². The first-order valence-electron chi connectivity index (χ1n) is 10.2. The predicted octanol–water partition coefficient (Wildman–Crippen LogP) is 5.72. The average molecular weight is 412 g/mol. The van der Waals surface area contributed by atoms with Crippen LogP contribution in [0.15, 0.2) is 91.0 Å². The van der Waals surface area contributed by atoms with Crippen molar-refractivity contribution in [3.8, 4) is 11.5 Å². The zero-order valence-corrected chi connectivity index (χ0v) is 17.9. The lowest BCUT2D eigenvalue weighted by molar-refractivity contribution is 0.0731. The molecule has 4 aromatic rings. The van der Waals surface area contributed by atoms with Gasteiger partial charge in [0.2, 0.25) is 0 Å². The summed E-state index contributed by atoms with van der Waals surface area (Å²) < 4.78 is 11.1. The van der Waals surface area contributed by atoms with E-state index in [-0.39, 0.29) is 6.04 Å². The van der Waals surface area contributed by atoms with Crippen molar-refractivity contribution in [2.24, 2.45) is 0 Å². The van der Waals surface area contributed by atoms with Gasteiger partial charge >= 0.3 is 5.97 Å². The molecule has 31 heavy (non-hydrogen) atoms. The maximum Gasteiger partial charge on any atom is 0.343 e. The highest BCUT2D eigenvalue weighted by atomic mass is 16.5. The summed E-state index contributed by atoms with van der Waals surface area (Å²) in [7, 11) is 5.67. The van der Waals surface area contributed by atoms with Gasteiger partial charge in [-0.05, 0) is 60.8 Å². The van der Waals surface area contributed by atoms with E-state index in [0.717, 1.165) is 21.9 Å². The fraction of sp³-hybridized carbons (Fsp3) is 0.148. The van der Waals surface area contributed by atoms with E-state index in [1.807, 2.05) is 56.6 Å². The van der Waals surface area contributed by atoms with Crippen molar-refractivity contribution in [3.05, 3.63) is 108 Å². The molecule has 4 heteroatoms. The SMILES string of the molecule is COc1ccc(C(=O)Oc2ccc3ccccc3c2C(c2ccccc2)N(C)C)cc1. The Kier molecular flexibility index (Phi) is 6.01. The fourth-order valence-electron chi connectivity index (χ4n) is 3.89. The van der Waals surface area contributed by atoms with E-state index in [4.69, 9.17) is 9.47 Å². The summed E-state index contributed by atoms with van der Waals surface area (Å²) in [5.41, 5.74) is 2.57. The molecule has 0 aromatic heterocycles. The number of nitrogens with zero attached hydrogens (tertiary/aromatic N) is 1. The van der Waals surface area contributed by atoms with Crippen LogP contribution >= 0.6 is 0 Å². The number of hydrogen-bond acceptors (Lipinski definition) is 4. The molecule has 0 saturated heterocycles. The molecule has 0 radical (unpaired) electrons. The molecule has 156 valence electrons. The van der Waals surface area contributed by atoms with Crippen molar-refractivity contribution in [2.75, 3.05) is 21.2 Å². The second kappa shape index (κ2) is 9.02. The van der Waals surface area contributed by atoms with Crippen molar-refractivity contribution in [2.45, 2.75) is 6.04 Å². The standard InChI is InChI=1S/C27H25NO3/c1-28(2)26(20-10-5-4-6-11-20)25-23-12-8-7-9-19(23)15-18-24(25)31-27(29)21-13-16-22(30-3)17-14-21/h4-18,26H,1-3H3. The van der Waals surface area contributed by atoms with Crippen LogP contribution < -0.4 is 9.47 Å². The van der Waals surface area contributed by atoms with E-state index >= 15 is 0 Å². The maximum absolute atomic E-state index is 13.0. The third-order valence-electron chi connectivity index (χ3n) is 5.36. The molecule has 0 bridgehead atoms. The Bertz CT molecular complexity index is 1180. The second-order valence-corrected chi connectivity index (χ2v) is 7.59. The lowest BCUT2D eigenvalue weighted by Crippen LogP contribution is -2.23. The molecule has 0 saturated carbocycles. The summed E-state index contributed by atoms with van der Waals surface area (Å²) in [6.07, 6.45) is 0. The molecule has 0 aliphatic heterocycles. The number of hydrogen-bond donors (Lipinski definition) is 0. The van der Waals surface area contributed by atoms with Gasteiger partial charge in [0.25, 0.3) is 0 Å². The second-order valence-electron chi connectivity index (χ2n) is 7.59. The molecule has 0 N–H and O–H groups in total. The summed E-state index contributed by atoms with van der Waals surface area (Å²) >= 11 is 0. The summed E-state index contributed by atoms with van der Waals surface area (Å²) in [5.74, 6) is 0.853.